The molecular weight excluding hydrogens is 470 g/mol. The number of likely N-dealkylation sites (tertiary alicyclic amines) is 1. The molecule has 0 amide bonds. The molecule has 27 heavy (non-hydrogen) atoms. The molecule has 1 unspecified atom stereocenters. The van der Waals surface area contributed by atoms with Crippen molar-refractivity contribution in [3.63, 3.8) is 0 Å². The van der Waals surface area contributed by atoms with Gasteiger partial charge in [0.25, 0.3) is 0 Å². The molecule has 1 aromatic carbocycles. The molecule has 1 saturated heterocycles. The first-order valence-electron chi connectivity index (χ1n) is 9.19. The van der Waals surface area contributed by atoms with E-state index < -0.39 is 11.7 Å². The molecule has 4 nitrogen and oxygen atoms in total. The summed E-state index contributed by atoms with van der Waals surface area (Å²) in [6, 6.07) is 5.52. The van der Waals surface area contributed by atoms with Gasteiger partial charge in [0.1, 0.15) is 0 Å². The number of aliphatic hydroxyl groups excluding tert-OH is 1. The Kier molecular flexibility index (Phi) is 9.86. The number of alkyl halides is 3. The maximum Gasteiger partial charge on any atom is 0.416 e. The lowest BCUT2D eigenvalue weighted by atomic mass is 9.96. The quantitative estimate of drug-likeness (QED) is 0.362. The summed E-state index contributed by atoms with van der Waals surface area (Å²) in [6.45, 7) is 6.74. The van der Waals surface area contributed by atoms with Crippen LogP contribution in [0, 0.1) is 0 Å². The minimum absolute atomic E-state index is 0. The zero-order valence-corrected chi connectivity index (χ0v) is 18.1. The lowest BCUT2D eigenvalue weighted by Crippen LogP contribution is -2.46. The second-order valence-electron chi connectivity index (χ2n) is 6.77. The number of aliphatic imine (C=N–C) groups is 1. The van der Waals surface area contributed by atoms with Gasteiger partial charge in [-0.3, -0.25) is 4.99 Å². The van der Waals surface area contributed by atoms with Crippen molar-refractivity contribution in [1.29, 1.82) is 0 Å². The molecule has 1 fully saturated rings. The van der Waals surface area contributed by atoms with Gasteiger partial charge in [0.05, 0.1) is 11.7 Å². The van der Waals surface area contributed by atoms with E-state index in [1.165, 1.54) is 12.1 Å². The molecule has 1 atom stereocenters. The third-order valence-electron chi connectivity index (χ3n) is 4.71. The second-order valence-corrected chi connectivity index (χ2v) is 6.77. The molecule has 0 aliphatic carbocycles. The molecule has 2 rings (SSSR count). The van der Waals surface area contributed by atoms with E-state index in [1.54, 1.807) is 6.07 Å². The van der Waals surface area contributed by atoms with Gasteiger partial charge in [-0.15, -0.1) is 24.0 Å². The highest BCUT2D eigenvalue weighted by atomic mass is 127. The Hall–Kier alpha value is -1.03. The van der Waals surface area contributed by atoms with E-state index >= 15 is 0 Å². The van der Waals surface area contributed by atoms with Gasteiger partial charge in [0, 0.05) is 26.2 Å². The standard InChI is InChI=1S/C19H28F3N3O.HI/c1-3-23-18(25-11-8-17(26)9-12-25)24-10-7-14(2)15-5-4-6-16(13-15)19(20,21)22;/h4-6,13-14,17,26H,3,7-12H2,1-2H3,(H,23,24);1H. The van der Waals surface area contributed by atoms with Crippen molar-refractivity contribution in [3.8, 4) is 0 Å². The van der Waals surface area contributed by atoms with Crippen molar-refractivity contribution < 1.29 is 18.3 Å². The number of hydrogen-bond donors (Lipinski definition) is 2. The molecule has 0 bridgehead atoms. The predicted octanol–water partition coefficient (Wildman–Crippen LogP) is 4.24. The van der Waals surface area contributed by atoms with Gasteiger partial charge in [-0.2, -0.15) is 13.2 Å². The van der Waals surface area contributed by atoms with Gasteiger partial charge in [-0.1, -0.05) is 25.1 Å². The van der Waals surface area contributed by atoms with E-state index in [1.807, 2.05) is 13.8 Å². The van der Waals surface area contributed by atoms with Crippen molar-refractivity contribution in [2.45, 2.75) is 51.3 Å². The molecule has 0 aromatic heterocycles. The first-order chi connectivity index (χ1) is 12.3. The van der Waals surface area contributed by atoms with Gasteiger partial charge in [0.2, 0.25) is 0 Å². The molecule has 8 heteroatoms. The Labute approximate surface area is 176 Å². The van der Waals surface area contributed by atoms with Crippen LogP contribution in [0.4, 0.5) is 13.2 Å². The predicted molar refractivity (Wildman–Crippen MR) is 113 cm³/mol. The minimum Gasteiger partial charge on any atom is -0.393 e. The number of guanidine groups is 1. The van der Waals surface area contributed by atoms with E-state index in [0.29, 0.717) is 18.5 Å². The summed E-state index contributed by atoms with van der Waals surface area (Å²) in [5.41, 5.74) is 0.0756. The monoisotopic (exact) mass is 499 g/mol. The average Bonchev–Trinajstić information content (AvgIpc) is 2.61. The number of nitrogens with one attached hydrogen (secondary N) is 1. The highest BCUT2D eigenvalue weighted by Gasteiger charge is 2.30. The van der Waals surface area contributed by atoms with Crippen molar-refractivity contribution in [2.75, 3.05) is 26.2 Å². The number of halogens is 4. The lowest BCUT2D eigenvalue weighted by Gasteiger charge is -2.32. The normalized spacial score (nSPS) is 17.4. The molecule has 154 valence electrons. The molecule has 1 aliphatic rings. The van der Waals surface area contributed by atoms with Crippen LogP contribution in [0.25, 0.3) is 0 Å². The third-order valence-corrected chi connectivity index (χ3v) is 4.71. The maximum atomic E-state index is 12.9. The Balaban J connectivity index is 0.00000364. The fourth-order valence-electron chi connectivity index (χ4n) is 3.06. The number of piperidine rings is 1. The zero-order chi connectivity index (χ0) is 19.2. The first-order valence-corrected chi connectivity index (χ1v) is 9.19. The van der Waals surface area contributed by atoms with Crippen molar-refractivity contribution in [1.82, 2.24) is 10.2 Å². The van der Waals surface area contributed by atoms with Crippen LogP contribution < -0.4 is 5.32 Å². The summed E-state index contributed by atoms with van der Waals surface area (Å²) in [5, 5.41) is 12.9. The highest BCUT2D eigenvalue weighted by molar-refractivity contribution is 14.0. The fourth-order valence-corrected chi connectivity index (χ4v) is 3.06. The average molecular weight is 499 g/mol. The van der Waals surface area contributed by atoms with Gasteiger partial charge in [0.15, 0.2) is 5.96 Å². The van der Waals surface area contributed by atoms with E-state index in [0.717, 1.165) is 44.5 Å². The molecule has 0 spiro atoms. The zero-order valence-electron chi connectivity index (χ0n) is 15.8. The summed E-state index contributed by atoms with van der Waals surface area (Å²) >= 11 is 0. The van der Waals surface area contributed by atoms with Gasteiger partial charge in [-0.25, -0.2) is 0 Å². The first kappa shape index (κ1) is 24.0. The van der Waals surface area contributed by atoms with Crippen LogP contribution in [-0.2, 0) is 6.18 Å². The van der Waals surface area contributed by atoms with Crippen LogP contribution in [0.2, 0.25) is 0 Å². The number of aliphatic hydroxyl groups is 1. The summed E-state index contributed by atoms with van der Waals surface area (Å²) in [4.78, 5) is 6.76. The van der Waals surface area contributed by atoms with E-state index in [2.05, 4.69) is 15.2 Å². The van der Waals surface area contributed by atoms with Crippen molar-refractivity contribution in [2.24, 2.45) is 4.99 Å². The Morgan fingerprint density at radius 2 is 2.00 bits per heavy atom. The largest absolute Gasteiger partial charge is 0.416 e. The lowest BCUT2D eigenvalue weighted by molar-refractivity contribution is -0.137. The summed E-state index contributed by atoms with van der Waals surface area (Å²) in [5.74, 6) is 0.808. The molecule has 0 saturated carbocycles. The molecule has 1 aliphatic heterocycles. The van der Waals surface area contributed by atoms with Crippen molar-refractivity contribution >= 4 is 29.9 Å². The fraction of sp³-hybridized carbons (Fsp3) is 0.632. The van der Waals surface area contributed by atoms with Crippen LogP contribution in [-0.4, -0.2) is 48.2 Å². The number of hydrogen-bond acceptors (Lipinski definition) is 2. The van der Waals surface area contributed by atoms with Gasteiger partial charge < -0.3 is 15.3 Å². The number of rotatable bonds is 5. The smallest absolute Gasteiger partial charge is 0.393 e. The maximum absolute atomic E-state index is 12.9. The van der Waals surface area contributed by atoms with Crippen LogP contribution in [0.1, 0.15) is 50.2 Å². The van der Waals surface area contributed by atoms with Crippen LogP contribution >= 0.6 is 24.0 Å². The van der Waals surface area contributed by atoms with Crippen molar-refractivity contribution in [3.05, 3.63) is 35.4 Å². The molecule has 2 N–H and O–H groups in total. The molecular formula is C19H29F3IN3O. The second kappa shape index (κ2) is 11.1. The Bertz CT molecular complexity index is 602. The summed E-state index contributed by atoms with van der Waals surface area (Å²) in [7, 11) is 0. The number of nitrogens with zero attached hydrogens (tertiary/aromatic N) is 2. The molecule has 1 aromatic rings. The minimum atomic E-state index is -4.31. The molecule has 1 heterocycles. The number of benzene rings is 1. The van der Waals surface area contributed by atoms with E-state index in [4.69, 9.17) is 0 Å². The van der Waals surface area contributed by atoms with Gasteiger partial charge in [-0.05, 0) is 43.7 Å². The topological polar surface area (TPSA) is 47.9 Å². The SMILES string of the molecule is CCNC(=NCCC(C)c1cccc(C(F)(F)F)c1)N1CCC(O)CC1.I. The summed E-state index contributed by atoms with van der Waals surface area (Å²) < 4.78 is 38.6. The Morgan fingerprint density at radius 3 is 2.59 bits per heavy atom. The summed E-state index contributed by atoms with van der Waals surface area (Å²) in [6.07, 6.45) is -2.43. The van der Waals surface area contributed by atoms with Crippen LogP contribution in [0.5, 0.6) is 0 Å². The highest BCUT2D eigenvalue weighted by Crippen LogP contribution is 2.31. The van der Waals surface area contributed by atoms with Crippen LogP contribution in [0.15, 0.2) is 29.3 Å². The Morgan fingerprint density at radius 1 is 1.33 bits per heavy atom. The van der Waals surface area contributed by atoms with E-state index in [9.17, 15) is 18.3 Å². The van der Waals surface area contributed by atoms with E-state index in [-0.39, 0.29) is 36.0 Å². The third kappa shape index (κ3) is 7.48. The molecule has 0 radical (unpaired) electrons. The van der Waals surface area contributed by atoms with Crippen LogP contribution in [0.3, 0.4) is 0 Å². The van der Waals surface area contributed by atoms with Gasteiger partial charge >= 0.3 is 6.18 Å².